The minimum Gasteiger partial charge on any atom is -0.298 e. The maximum Gasteiger partial charge on any atom is 0.0224 e. The van der Waals surface area contributed by atoms with Crippen molar-refractivity contribution in [3.8, 4) is 0 Å². The Hall–Kier alpha value is -0.0800. The Balaban J connectivity index is 2.09. The molecule has 0 aromatic heterocycles. The zero-order valence-electron chi connectivity index (χ0n) is 11.5. The second kappa shape index (κ2) is 4.66. The average molecular weight is 224 g/mol. The highest BCUT2D eigenvalue weighted by molar-refractivity contribution is 4.97. The van der Waals surface area contributed by atoms with Crippen LogP contribution in [0.25, 0.3) is 0 Å². The van der Waals surface area contributed by atoms with Crippen molar-refractivity contribution in [2.45, 2.75) is 71.0 Å². The van der Waals surface area contributed by atoms with Gasteiger partial charge in [0.2, 0.25) is 0 Å². The molecule has 2 heteroatoms. The zero-order valence-corrected chi connectivity index (χ0v) is 11.5. The summed E-state index contributed by atoms with van der Waals surface area (Å²) in [5.74, 6) is 0. The molecule has 0 aromatic rings. The molecule has 0 N–H and O–H groups in total. The van der Waals surface area contributed by atoms with Crippen LogP contribution in [0.5, 0.6) is 0 Å². The van der Waals surface area contributed by atoms with Crippen molar-refractivity contribution in [3.63, 3.8) is 0 Å². The molecule has 0 bridgehead atoms. The summed E-state index contributed by atoms with van der Waals surface area (Å²) in [5.41, 5.74) is 0.425. The van der Waals surface area contributed by atoms with Gasteiger partial charge in [-0.2, -0.15) is 0 Å². The van der Waals surface area contributed by atoms with Crippen molar-refractivity contribution in [1.29, 1.82) is 0 Å². The molecule has 0 radical (unpaired) electrons. The van der Waals surface area contributed by atoms with Gasteiger partial charge in [-0.1, -0.05) is 13.8 Å². The van der Waals surface area contributed by atoms with Crippen molar-refractivity contribution in [3.05, 3.63) is 0 Å². The van der Waals surface area contributed by atoms with Gasteiger partial charge in [-0.25, -0.2) is 0 Å². The molecule has 2 nitrogen and oxygen atoms in total. The molecule has 16 heavy (non-hydrogen) atoms. The van der Waals surface area contributed by atoms with Crippen LogP contribution in [0.1, 0.15) is 53.4 Å². The molecule has 2 aliphatic heterocycles. The minimum atomic E-state index is 0.425. The summed E-state index contributed by atoms with van der Waals surface area (Å²) in [4.78, 5) is 5.51. The molecule has 0 aliphatic carbocycles. The standard InChI is InChI=1S/C14H28N2/c1-5-14(4,6-2)16-11-13-8-7-9-15(13)10-12(16)3/h12-13H,5-11H2,1-4H3. The highest BCUT2D eigenvalue weighted by Gasteiger charge is 2.40. The number of piperazine rings is 1. The van der Waals surface area contributed by atoms with E-state index in [1.54, 1.807) is 0 Å². The Morgan fingerprint density at radius 2 is 1.88 bits per heavy atom. The first-order chi connectivity index (χ1) is 7.60. The molecule has 2 heterocycles. The third-order valence-electron chi connectivity index (χ3n) is 5.15. The molecule has 2 rings (SSSR count). The summed E-state index contributed by atoms with van der Waals surface area (Å²) in [5, 5.41) is 0. The molecule has 2 aliphatic rings. The first-order valence-corrected chi connectivity index (χ1v) is 7.11. The fourth-order valence-electron chi connectivity index (χ4n) is 3.60. The number of nitrogens with zero attached hydrogens (tertiary/aromatic N) is 2. The summed E-state index contributed by atoms with van der Waals surface area (Å²) >= 11 is 0. The van der Waals surface area contributed by atoms with E-state index in [2.05, 4.69) is 37.5 Å². The van der Waals surface area contributed by atoms with E-state index < -0.39 is 0 Å². The smallest absolute Gasteiger partial charge is 0.0224 e. The van der Waals surface area contributed by atoms with Crippen LogP contribution < -0.4 is 0 Å². The molecule has 0 spiro atoms. The summed E-state index contributed by atoms with van der Waals surface area (Å²) in [6, 6.07) is 1.59. The van der Waals surface area contributed by atoms with Gasteiger partial charge in [0.15, 0.2) is 0 Å². The normalized spacial score (nSPS) is 33.0. The Kier molecular flexibility index (Phi) is 3.60. The van der Waals surface area contributed by atoms with Crippen molar-refractivity contribution in [2.24, 2.45) is 0 Å². The van der Waals surface area contributed by atoms with Gasteiger partial charge in [0.1, 0.15) is 0 Å². The van der Waals surface area contributed by atoms with Crippen LogP contribution in [0.15, 0.2) is 0 Å². The number of rotatable bonds is 3. The van der Waals surface area contributed by atoms with Gasteiger partial charge in [-0.05, 0) is 46.1 Å². The first kappa shape index (κ1) is 12.4. The Labute approximate surface area is 101 Å². The van der Waals surface area contributed by atoms with Gasteiger partial charge in [0, 0.05) is 30.7 Å². The summed E-state index contributed by atoms with van der Waals surface area (Å²) in [7, 11) is 0. The SMILES string of the molecule is CCC(C)(CC)N1CC2CCCN2CC1C. The van der Waals surface area contributed by atoms with Crippen LogP contribution in [0.4, 0.5) is 0 Å². The van der Waals surface area contributed by atoms with Gasteiger partial charge in [-0.3, -0.25) is 9.80 Å². The fraction of sp³-hybridized carbons (Fsp3) is 1.00. The van der Waals surface area contributed by atoms with E-state index in [0.717, 1.165) is 12.1 Å². The van der Waals surface area contributed by atoms with Crippen LogP contribution in [0.3, 0.4) is 0 Å². The van der Waals surface area contributed by atoms with E-state index in [4.69, 9.17) is 0 Å². The predicted octanol–water partition coefficient (Wildman–Crippen LogP) is 2.73. The van der Waals surface area contributed by atoms with Gasteiger partial charge in [0.25, 0.3) is 0 Å². The van der Waals surface area contributed by atoms with Crippen molar-refractivity contribution < 1.29 is 0 Å². The van der Waals surface area contributed by atoms with Crippen LogP contribution >= 0.6 is 0 Å². The molecular formula is C14H28N2. The van der Waals surface area contributed by atoms with E-state index in [-0.39, 0.29) is 0 Å². The Morgan fingerprint density at radius 3 is 2.50 bits per heavy atom. The average Bonchev–Trinajstić information content (AvgIpc) is 2.74. The monoisotopic (exact) mass is 224 g/mol. The third-order valence-corrected chi connectivity index (χ3v) is 5.15. The van der Waals surface area contributed by atoms with E-state index in [1.807, 2.05) is 0 Å². The predicted molar refractivity (Wildman–Crippen MR) is 69.8 cm³/mol. The molecule has 0 amide bonds. The van der Waals surface area contributed by atoms with Crippen LogP contribution in [-0.2, 0) is 0 Å². The largest absolute Gasteiger partial charge is 0.298 e. The lowest BCUT2D eigenvalue weighted by Gasteiger charge is -2.51. The highest BCUT2D eigenvalue weighted by Crippen LogP contribution is 2.32. The lowest BCUT2D eigenvalue weighted by Crippen LogP contribution is -2.61. The minimum absolute atomic E-state index is 0.425. The maximum atomic E-state index is 2.79. The molecule has 94 valence electrons. The fourth-order valence-corrected chi connectivity index (χ4v) is 3.60. The van der Waals surface area contributed by atoms with E-state index in [0.29, 0.717) is 5.54 Å². The summed E-state index contributed by atoms with van der Waals surface area (Å²) in [6.07, 6.45) is 5.40. The zero-order chi connectivity index (χ0) is 11.8. The lowest BCUT2D eigenvalue weighted by atomic mass is 9.89. The summed E-state index contributed by atoms with van der Waals surface area (Å²) in [6.45, 7) is 13.5. The van der Waals surface area contributed by atoms with E-state index >= 15 is 0 Å². The second-order valence-corrected chi connectivity index (χ2v) is 6.00. The summed E-state index contributed by atoms with van der Waals surface area (Å²) < 4.78 is 0. The van der Waals surface area contributed by atoms with E-state index in [1.165, 1.54) is 45.3 Å². The quantitative estimate of drug-likeness (QED) is 0.727. The van der Waals surface area contributed by atoms with Crippen molar-refractivity contribution in [1.82, 2.24) is 9.80 Å². The first-order valence-electron chi connectivity index (χ1n) is 7.11. The molecule has 2 saturated heterocycles. The third kappa shape index (κ3) is 2.02. The number of hydrogen-bond acceptors (Lipinski definition) is 2. The van der Waals surface area contributed by atoms with Crippen LogP contribution in [0, 0.1) is 0 Å². The van der Waals surface area contributed by atoms with Gasteiger partial charge in [-0.15, -0.1) is 0 Å². The molecule has 0 saturated carbocycles. The molecule has 2 atom stereocenters. The van der Waals surface area contributed by atoms with Crippen LogP contribution in [0.2, 0.25) is 0 Å². The number of fused-ring (bicyclic) bond motifs is 1. The van der Waals surface area contributed by atoms with Gasteiger partial charge in [0.05, 0.1) is 0 Å². The molecule has 2 unspecified atom stereocenters. The number of hydrogen-bond donors (Lipinski definition) is 0. The van der Waals surface area contributed by atoms with Crippen molar-refractivity contribution >= 4 is 0 Å². The van der Waals surface area contributed by atoms with Crippen LogP contribution in [-0.4, -0.2) is 47.1 Å². The Morgan fingerprint density at radius 1 is 1.19 bits per heavy atom. The van der Waals surface area contributed by atoms with Crippen molar-refractivity contribution in [2.75, 3.05) is 19.6 Å². The molecular weight excluding hydrogens is 196 g/mol. The topological polar surface area (TPSA) is 6.48 Å². The lowest BCUT2D eigenvalue weighted by molar-refractivity contribution is -0.0200. The van der Waals surface area contributed by atoms with Gasteiger partial charge < -0.3 is 0 Å². The highest BCUT2D eigenvalue weighted by atomic mass is 15.3. The second-order valence-electron chi connectivity index (χ2n) is 6.00. The van der Waals surface area contributed by atoms with E-state index in [9.17, 15) is 0 Å². The Bertz CT molecular complexity index is 235. The van der Waals surface area contributed by atoms with Gasteiger partial charge >= 0.3 is 0 Å². The molecule has 2 fully saturated rings. The maximum absolute atomic E-state index is 2.79. The molecule has 0 aromatic carbocycles.